The van der Waals surface area contributed by atoms with Gasteiger partial charge in [0.15, 0.2) is 4.34 Å². The standard InChI is InChI=1S/C11H15N3O2S2/c1-2-9-12-11(18-13-9)17-7-10(16)14-5-3-8(15)4-6-14/h2-7H2,1H3. The molecule has 0 unspecified atom stereocenters. The first-order valence-electron chi connectivity index (χ1n) is 5.94. The van der Waals surface area contributed by atoms with Crippen molar-refractivity contribution >= 4 is 35.0 Å². The number of carbonyl (C=O) groups is 2. The minimum absolute atomic E-state index is 0.0840. The lowest BCUT2D eigenvalue weighted by atomic mass is 10.1. The molecule has 1 amide bonds. The Bertz CT molecular complexity index is 437. The Hall–Kier alpha value is -0.950. The van der Waals surface area contributed by atoms with E-state index in [0.29, 0.717) is 31.7 Å². The minimum Gasteiger partial charge on any atom is -0.341 e. The van der Waals surface area contributed by atoms with Gasteiger partial charge in [0.2, 0.25) is 5.91 Å². The number of likely N-dealkylation sites (tertiary alicyclic amines) is 1. The van der Waals surface area contributed by atoms with Crippen molar-refractivity contribution in [2.75, 3.05) is 18.8 Å². The van der Waals surface area contributed by atoms with Crippen LogP contribution < -0.4 is 0 Å². The highest BCUT2D eigenvalue weighted by Crippen LogP contribution is 2.21. The van der Waals surface area contributed by atoms with E-state index in [1.165, 1.54) is 23.3 Å². The van der Waals surface area contributed by atoms with Gasteiger partial charge in [0.05, 0.1) is 5.75 Å². The Labute approximate surface area is 114 Å². The molecule has 0 atom stereocenters. The summed E-state index contributed by atoms with van der Waals surface area (Å²) < 4.78 is 5.02. The second kappa shape index (κ2) is 6.29. The number of ketones is 1. The van der Waals surface area contributed by atoms with Crippen molar-refractivity contribution in [2.45, 2.75) is 30.5 Å². The third-order valence-corrected chi connectivity index (χ3v) is 4.61. The Kier molecular flexibility index (Phi) is 4.71. The number of nitrogens with zero attached hydrogens (tertiary/aromatic N) is 3. The van der Waals surface area contributed by atoms with Crippen LogP contribution in [-0.2, 0) is 16.0 Å². The van der Waals surface area contributed by atoms with Crippen molar-refractivity contribution in [3.05, 3.63) is 5.82 Å². The Morgan fingerprint density at radius 1 is 1.44 bits per heavy atom. The SMILES string of the molecule is CCc1nsc(SCC(=O)N2CCC(=O)CC2)n1. The van der Waals surface area contributed by atoms with Crippen LogP contribution in [0.4, 0.5) is 0 Å². The van der Waals surface area contributed by atoms with Crippen molar-refractivity contribution in [2.24, 2.45) is 0 Å². The molecule has 0 saturated carbocycles. The van der Waals surface area contributed by atoms with Crippen LogP contribution >= 0.6 is 23.3 Å². The third kappa shape index (κ3) is 3.52. The molecule has 1 fully saturated rings. The molecular weight excluding hydrogens is 270 g/mol. The number of aryl methyl sites for hydroxylation is 1. The molecule has 2 heterocycles. The summed E-state index contributed by atoms with van der Waals surface area (Å²) in [5.74, 6) is 1.55. The minimum atomic E-state index is 0.0840. The molecule has 0 bridgehead atoms. The van der Waals surface area contributed by atoms with Gasteiger partial charge in [0.25, 0.3) is 0 Å². The third-order valence-electron chi connectivity index (χ3n) is 2.76. The molecule has 7 heteroatoms. The van der Waals surface area contributed by atoms with Crippen molar-refractivity contribution in [3.63, 3.8) is 0 Å². The first-order valence-corrected chi connectivity index (χ1v) is 7.69. The number of amides is 1. The molecule has 1 aromatic heterocycles. The van der Waals surface area contributed by atoms with Crippen LogP contribution in [0, 0.1) is 0 Å². The van der Waals surface area contributed by atoms with Gasteiger partial charge < -0.3 is 4.90 Å². The average Bonchev–Trinajstić information content (AvgIpc) is 2.85. The van der Waals surface area contributed by atoms with Gasteiger partial charge in [-0.2, -0.15) is 4.37 Å². The summed E-state index contributed by atoms with van der Waals surface area (Å²) in [4.78, 5) is 29.1. The first kappa shape index (κ1) is 13.5. The molecule has 1 aromatic rings. The molecule has 1 saturated heterocycles. The molecule has 2 rings (SSSR count). The molecule has 0 aliphatic carbocycles. The first-order chi connectivity index (χ1) is 8.69. The van der Waals surface area contributed by atoms with Crippen LogP contribution in [0.5, 0.6) is 0 Å². The summed E-state index contributed by atoms with van der Waals surface area (Å²) >= 11 is 2.77. The normalized spacial score (nSPS) is 16.1. The van der Waals surface area contributed by atoms with Crippen LogP contribution in [0.3, 0.4) is 0 Å². The lowest BCUT2D eigenvalue weighted by Crippen LogP contribution is -2.39. The molecule has 0 spiro atoms. The van der Waals surface area contributed by atoms with Crippen LogP contribution in [-0.4, -0.2) is 44.8 Å². The van der Waals surface area contributed by atoms with E-state index in [4.69, 9.17) is 0 Å². The highest BCUT2D eigenvalue weighted by Gasteiger charge is 2.20. The van der Waals surface area contributed by atoms with E-state index in [2.05, 4.69) is 9.36 Å². The fourth-order valence-corrected chi connectivity index (χ4v) is 3.26. The topological polar surface area (TPSA) is 63.2 Å². The van der Waals surface area contributed by atoms with E-state index < -0.39 is 0 Å². The number of hydrogen-bond acceptors (Lipinski definition) is 6. The lowest BCUT2D eigenvalue weighted by Gasteiger charge is -2.25. The van der Waals surface area contributed by atoms with E-state index in [-0.39, 0.29) is 11.7 Å². The predicted octanol–water partition coefficient (Wildman–Crippen LogP) is 1.38. The number of Topliss-reactive ketones (excluding diaryl/α,β-unsaturated/α-hetero) is 1. The van der Waals surface area contributed by atoms with Gasteiger partial charge in [-0.05, 0) is 11.5 Å². The summed E-state index contributed by atoms with van der Waals surface area (Å²) in [7, 11) is 0. The molecule has 0 radical (unpaired) electrons. The summed E-state index contributed by atoms with van der Waals surface area (Å²) in [6.07, 6.45) is 1.81. The largest absolute Gasteiger partial charge is 0.341 e. The summed E-state index contributed by atoms with van der Waals surface area (Å²) in [5.41, 5.74) is 0. The van der Waals surface area contributed by atoms with Crippen LogP contribution in [0.2, 0.25) is 0 Å². The van der Waals surface area contributed by atoms with E-state index in [1.54, 1.807) is 4.90 Å². The second-order valence-electron chi connectivity index (χ2n) is 4.04. The number of rotatable bonds is 4. The van der Waals surface area contributed by atoms with Crippen molar-refractivity contribution < 1.29 is 9.59 Å². The van der Waals surface area contributed by atoms with Gasteiger partial charge in [-0.15, -0.1) is 0 Å². The Morgan fingerprint density at radius 2 is 2.17 bits per heavy atom. The molecule has 18 heavy (non-hydrogen) atoms. The summed E-state index contributed by atoms with van der Waals surface area (Å²) in [6, 6.07) is 0. The van der Waals surface area contributed by atoms with E-state index in [1.807, 2.05) is 6.92 Å². The summed E-state index contributed by atoms with van der Waals surface area (Å²) in [5, 5.41) is 0. The monoisotopic (exact) mass is 285 g/mol. The maximum atomic E-state index is 11.9. The van der Waals surface area contributed by atoms with Crippen LogP contribution in [0.25, 0.3) is 0 Å². The highest BCUT2D eigenvalue weighted by molar-refractivity contribution is 8.01. The summed E-state index contributed by atoms with van der Waals surface area (Å²) in [6.45, 7) is 3.13. The number of aromatic nitrogens is 2. The molecule has 5 nitrogen and oxygen atoms in total. The van der Waals surface area contributed by atoms with Crippen LogP contribution in [0.15, 0.2) is 4.34 Å². The van der Waals surface area contributed by atoms with Gasteiger partial charge in [-0.25, -0.2) is 4.98 Å². The second-order valence-corrected chi connectivity index (χ2v) is 6.01. The molecule has 0 N–H and O–H groups in total. The lowest BCUT2D eigenvalue weighted by molar-refractivity contribution is -0.132. The smallest absolute Gasteiger partial charge is 0.233 e. The maximum Gasteiger partial charge on any atom is 0.233 e. The quantitative estimate of drug-likeness (QED) is 0.782. The molecular formula is C11H15N3O2S2. The van der Waals surface area contributed by atoms with Gasteiger partial charge in [-0.1, -0.05) is 18.7 Å². The number of piperidine rings is 1. The highest BCUT2D eigenvalue weighted by atomic mass is 32.2. The van der Waals surface area contributed by atoms with Gasteiger partial charge in [-0.3, -0.25) is 9.59 Å². The van der Waals surface area contributed by atoms with Gasteiger partial charge >= 0.3 is 0 Å². The van der Waals surface area contributed by atoms with Crippen LogP contribution in [0.1, 0.15) is 25.6 Å². The molecule has 1 aliphatic heterocycles. The number of carbonyl (C=O) groups excluding carboxylic acids is 2. The zero-order chi connectivity index (χ0) is 13.0. The maximum absolute atomic E-state index is 11.9. The fraction of sp³-hybridized carbons (Fsp3) is 0.636. The van der Waals surface area contributed by atoms with Gasteiger partial charge in [0, 0.05) is 32.4 Å². The average molecular weight is 285 g/mol. The van der Waals surface area contributed by atoms with Gasteiger partial charge in [0.1, 0.15) is 11.6 Å². The number of thioether (sulfide) groups is 1. The number of hydrogen-bond donors (Lipinski definition) is 0. The zero-order valence-corrected chi connectivity index (χ0v) is 11.9. The van der Waals surface area contributed by atoms with E-state index in [0.717, 1.165) is 16.6 Å². The molecule has 1 aliphatic rings. The van der Waals surface area contributed by atoms with Crippen molar-refractivity contribution in [3.8, 4) is 0 Å². The Morgan fingerprint density at radius 3 is 2.78 bits per heavy atom. The Balaban J connectivity index is 1.79. The molecule has 98 valence electrons. The zero-order valence-electron chi connectivity index (χ0n) is 10.2. The van der Waals surface area contributed by atoms with E-state index in [9.17, 15) is 9.59 Å². The van der Waals surface area contributed by atoms with Crippen molar-refractivity contribution in [1.29, 1.82) is 0 Å². The predicted molar refractivity (Wildman–Crippen MR) is 70.8 cm³/mol. The fourth-order valence-electron chi connectivity index (χ4n) is 1.66. The van der Waals surface area contributed by atoms with Crippen molar-refractivity contribution in [1.82, 2.24) is 14.3 Å². The molecule has 0 aromatic carbocycles. The van der Waals surface area contributed by atoms with E-state index >= 15 is 0 Å².